The van der Waals surface area contributed by atoms with E-state index in [9.17, 15) is 0 Å². The van der Waals surface area contributed by atoms with Gasteiger partial charge in [0.1, 0.15) is 5.82 Å². The number of aryl methyl sites for hydroxylation is 1. The van der Waals surface area contributed by atoms with Gasteiger partial charge in [-0.3, -0.25) is 0 Å². The lowest BCUT2D eigenvalue weighted by Crippen LogP contribution is -2.33. The van der Waals surface area contributed by atoms with Crippen LogP contribution in [0.2, 0.25) is 0 Å². The van der Waals surface area contributed by atoms with Crippen LogP contribution in [0.4, 0.5) is 5.82 Å². The molecule has 2 N–H and O–H groups in total. The van der Waals surface area contributed by atoms with Crippen LogP contribution < -0.4 is 10.6 Å². The van der Waals surface area contributed by atoms with Gasteiger partial charge in [0.25, 0.3) is 0 Å². The molecule has 0 saturated carbocycles. The summed E-state index contributed by atoms with van der Waals surface area (Å²) in [6.07, 6.45) is 1.13. The van der Waals surface area contributed by atoms with Gasteiger partial charge in [0, 0.05) is 31.4 Å². The molecule has 4 heteroatoms. The molecule has 1 atom stereocenters. The molecule has 4 nitrogen and oxygen atoms in total. The van der Waals surface area contributed by atoms with Gasteiger partial charge in [0.15, 0.2) is 0 Å². The summed E-state index contributed by atoms with van der Waals surface area (Å²) in [6, 6.07) is 6.54. The first kappa shape index (κ1) is 11.4. The molecule has 88 valence electrons. The molecular formula is C12H19N3O. The molecule has 0 amide bonds. The molecule has 2 rings (SSSR count). The molecule has 1 saturated heterocycles. The number of hydrogen-bond acceptors (Lipinski definition) is 4. The van der Waals surface area contributed by atoms with E-state index in [1.165, 1.54) is 0 Å². The van der Waals surface area contributed by atoms with Crippen molar-refractivity contribution >= 4 is 5.82 Å². The number of pyridine rings is 1. The lowest BCUT2D eigenvalue weighted by Gasteiger charge is -2.11. The van der Waals surface area contributed by atoms with Crippen molar-refractivity contribution in [3.63, 3.8) is 0 Å². The molecule has 1 aliphatic rings. The van der Waals surface area contributed by atoms with E-state index in [-0.39, 0.29) is 0 Å². The standard InChI is InChI=1S/C12H19N3O/c1-10-3-2-4-12(15-10)14-7-6-13-11-5-8-16-9-11/h2-4,11,13H,5-9H2,1H3,(H,14,15). The van der Waals surface area contributed by atoms with Crippen molar-refractivity contribution in [2.24, 2.45) is 0 Å². The number of hydrogen-bond donors (Lipinski definition) is 2. The van der Waals surface area contributed by atoms with Crippen LogP contribution in [0.5, 0.6) is 0 Å². The van der Waals surface area contributed by atoms with Crippen LogP contribution in [0.25, 0.3) is 0 Å². The molecule has 1 unspecified atom stereocenters. The van der Waals surface area contributed by atoms with E-state index in [1.807, 2.05) is 25.1 Å². The van der Waals surface area contributed by atoms with Crippen molar-refractivity contribution < 1.29 is 4.74 Å². The average molecular weight is 221 g/mol. The summed E-state index contributed by atoms with van der Waals surface area (Å²) in [5.74, 6) is 0.949. The molecule has 2 heterocycles. The van der Waals surface area contributed by atoms with Gasteiger partial charge in [-0.2, -0.15) is 0 Å². The number of nitrogens with zero attached hydrogens (tertiary/aromatic N) is 1. The van der Waals surface area contributed by atoms with Crippen molar-refractivity contribution in [1.29, 1.82) is 0 Å². The molecular weight excluding hydrogens is 202 g/mol. The van der Waals surface area contributed by atoms with Crippen LogP contribution in [0.15, 0.2) is 18.2 Å². The highest BCUT2D eigenvalue weighted by Crippen LogP contribution is 2.04. The molecule has 0 aliphatic carbocycles. The lowest BCUT2D eigenvalue weighted by molar-refractivity contribution is 0.190. The van der Waals surface area contributed by atoms with Gasteiger partial charge in [0.05, 0.1) is 6.61 Å². The zero-order chi connectivity index (χ0) is 11.2. The van der Waals surface area contributed by atoms with Gasteiger partial charge in [-0.05, 0) is 25.5 Å². The molecule has 0 bridgehead atoms. The second kappa shape index (κ2) is 5.82. The Hall–Kier alpha value is -1.13. The van der Waals surface area contributed by atoms with Crippen molar-refractivity contribution in [2.45, 2.75) is 19.4 Å². The quantitative estimate of drug-likeness (QED) is 0.733. The third-order valence-electron chi connectivity index (χ3n) is 2.68. The Kier molecular flexibility index (Phi) is 4.13. The minimum absolute atomic E-state index is 0.535. The summed E-state index contributed by atoms with van der Waals surface area (Å²) in [6.45, 7) is 5.59. The highest BCUT2D eigenvalue weighted by atomic mass is 16.5. The van der Waals surface area contributed by atoms with Crippen LogP contribution in [0.3, 0.4) is 0 Å². The minimum Gasteiger partial charge on any atom is -0.380 e. The van der Waals surface area contributed by atoms with E-state index in [0.717, 1.165) is 44.2 Å². The minimum atomic E-state index is 0.535. The monoisotopic (exact) mass is 221 g/mol. The van der Waals surface area contributed by atoms with E-state index in [2.05, 4.69) is 15.6 Å². The van der Waals surface area contributed by atoms with Gasteiger partial charge in [-0.25, -0.2) is 4.98 Å². The topological polar surface area (TPSA) is 46.2 Å². The summed E-state index contributed by atoms with van der Waals surface area (Å²) in [5.41, 5.74) is 1.04. The molecule has 0 spiro atoms. The number of rotatable bonds is 5. The van der Waals surface area contributed by atoms with Gasteiger partial charge < -0.3 is 15.4 Å². The summed E-state index contributed by atoms with van der Waals surface area (Å²) in [4.78, 5) is 4.38. The maximum Gasteiger partial charge on any atom is 0.126 e. The Morgan fingerprint density at radius 2 is 2.38 bits per heavy atom. The molecule has 1 aliphatic heterocycles. The Balaban J connectivity index is 1.64. The van der Waals surface area contributed by atoms with Crippen LogP contribution in [-0.2, 0) is 4.74 Å². The van der Waals surface area contributed by atoms with Crippen LogP contribution in [0, 0.1) is 6.92 Å². The first-order valence-corrected chi connectivity index (χ1v) is 5.83. The van der Waals surface area contributed by atoms with E-state index in [4.69, 9.17) is 4.74 Å². The summed E-state index contributed by atoms with van der Waals surface area (Å²) < 4.78 is 5.29. The SMILES string of the molecule is Cc1cccc(NCCNC2CCOC2)n1. The van der Waals surface area contributed by atoms with Gasteiger partial charge in [0.2, 0.25) is 0 Å². The molecule has 1 fully saturated rings. The van der Waals surface area contributed by atoms with Crippen molar-refractivity contribution in [2.75, 3.05) is 31.6 Å². The highest BCUT2D eigenvalue weighted by Gasteiger charge is 2.13. The Labute approximate surface area is 96.4 Å². The highest BCUT2D eigenvalue weighted by molar-refractivity contribution is 5.34. The van der Waals surface area contributed by atoms with Crippen LogP contribution >= 0.6 is 0 Å². The summed E-state index contributed by atoms with van der Waals surface area (Å²) >= 11 is 0. The third kappa shape index (κ3) is 3.47. The number of ether oxygens (including phenoxy) is 1. The Bertz CT molecular complexity index is 324. The fourth-order valence-corrected chi connectivity index (χ4v) is 1.80. The molecule has 0 aromatic carbocycles. The number of anilines is 1. The van der Waals surface area contributed by atoms with Crippen molar-refractivity contribution in [3.8, 4) is 0 Å². The zero-order valence-corrected chi connectivity index (χ0v) is 9.70. The van der Waals surface area contributed by atoms with E-state index >= 15 is 0 Å². The molecule has 0 radical (unpaired) electrons. The second-order valence-electron chi connectivity index (χ2n) is 4.11. The largest absolute Gasteiger partial charge is 0.380 e. The number of nitrogens with one attached hydrogen (secondary N) is 2. The molecule has 1 aromatic heterocycles. The third-order valence-corrected chi connectivity index (χ3v) is 2.68. The maximum atomic E-state index is 5.29. The van der Waals surface area contributed by atoms with Crippen LogP contribution in [0.1, 0.15) is 12.1 Å². The lowest BCUT2D eigenvalue weighted by atomic mass is 10.2. The zero-order valence-electron chi connectivity index (χ0n) is 9.70. The molecule has 1 aromatic rings. The van der Waals surface area contributed by atoms with Crippen LogP contribution in [-0.4, -0.2) is 37.3 Å². The Morgan fingerprint density at radius 1 is 1.44 bits per heavy atom. The first-order chi connectivity index (χ1) is 7.84. The van der Waals surface area contributed by atoms with Gasteiger partial charge >= 0.3 is 0 Å². The fraction of sp³-hybridized carbons (Fsp3) is 0.583. The van der Waals surface area contributed by atoms with E-state index < -0.39 is 0 Å². The van der Waals surface area contributed by atoms with E-state index in [0.29, 0.717) is 6.04 Å². The first-order valence-electron chi connectivity index (χ1n) is 5.83. The molecule has 16 heavy (non-hydrogen) atoms. The average Bonchev–Trinajstić information content (AvgIpc) is 2.77. The van der Waals surface area contributed by atoms with Gasteiger partial charge in [-0.15, -0.1) is 0 Å². The second-order valence-corrected chi connectivity index (χ2v) is 4.11. The summed E-state index contributed by atoms with van der Waals surface area (Å²) in [7, 11) is 0. The summed E-state index contributed by atoms with van der Waals surface area (Å²) in [5, 5.41) is 6.75. The Morgan fingerprint density at radius 3 is 3.12 bits per heavy atom. The van der Waals surface area contributed by atoms with Crippen molar-refractivity contribution in [3.05, 3.63) is 23.9 Å². The fourth-order valence-electron chi connectivity index (χ4n) is 1.80. The predicted octanol–water partition coefficient (Wildman–Crippen LogP) is 1.18. The smallest absolute Gasteiger partial charge is 0.126 e. The normalized spacial score (nSPS) is 19.9. The van der Waals surface area contributed by atoms with E-state index in [1.54, 1.807) is 0 Å². The van der Waals surface area contributed by atoms with Crippen molar-refractivity contribution in [1.82, 2.24) is 10.3 Å². The predicted molar refractivity (Wildman–Crippen MR) is 64.7 cm³/mol. The number of aromatic nitrogens is 1. The maximum absolute atomic E-state index is 5.29. The van der Waals surface area contributed by atoms with Gasteiger partial charge in [-0.1, -0.05) is 6.07 Å².